The maximum Gasteiger partial charge on any atom is 0.325 e. The highest BCUT2D eigenvalue weighted by atomic mass is 35.5. The summed E-state index contributed by atoms with van der Waals surface area (Å²) in [5, 5.41) is 15.3. The van der Waals surface area contributed by atoms with Crippen LogP contribution in [-0.4, -0.2) is 16.2 Å². The minimum atomic E-state index is -0.354. The number of hydrogen-bond donors (Lipinski definition) is 2. The number of urea groups is 1. The molecule has 0 saturated heterocycles. The molecule has 5 nitrogen and oxygen atoms in total. The predicted molar refractivity (Wildman–Crippen MR) is 94.2 cm³/mol. The van der Waals surface area contributed by atoms with E-state index in [2.05, 4.69) is 20.8 Å². The van der Waals surface area contributed by atoms with Gasteiger partial charge in [-0.15, -0.1) is 10.2 Å². The first kappa shape index (κ1) is 15.5. The van der Waals surface area contributed by atoms with Crippen molar-refractivity contribution in [3.8, 4) is 10.6 Å². The molecule has 0 saturated carbocycles. The summed E-state index contributed by atoms with van der Waals surface area (Å²) in [6.07, 6.45) is 0. The zero-order valence-electron chi connectivity index (χ0n) is 12.2. The summed E-state index contributed by atoms with van der Waals surface area (Å²) in [6.45, 7) is 1.99. The summed E-state index contributed by atoms with van der Waals surface area (Å²) < 4.78 is 0. The number of aryl methyl sites for hydroxylation is 1. The van der Waals surface area contributed by atoms with Gasteiger partial charge in [-0.3, -0.25) is 5.32 Å². The van der Waals surface area contributed by atoms with Crippen molar-refractivity contribution >= 4 is 39.8 Å². The highest BCUT2D eigenvalue weighted by Crippen LogP contribution is 2.27. The second-order valence-corrected chi connectivity index (χ2v) is 6.28. The van der Waals surface area contributed by atoms with E-state index in [4.69, 9.17) is 11.6 Å². The topological polar surface area (TPSA) is 66.9 Å². The number of carbonyl (C=O) groups is 1. The Morgan fingerprint density at radius 1 is 1.00 bits per heavy atom. The van der Waals surface area contributed by atoms with Crippen molar-refractivity contribution in [2.24, 2.45) is 0 Å². The lowest BCUT2D eigenvalue weighted by Gasteiger charge is -2.04. The summed E-state index contributed by atoms with van der Waals surface area (Å²) in [7, 11) is 0. The molecule has 7 heteroatoms. The highest BCUT2D eigenvalue weighted by molar-refractivity contribution is 7.18. The van der Waals surface area contributed by atoms with Gasteiger partial charge in [0.25, 0.3) is 0 Å². The van der Waals surface area contributed by atoms with Gasteiger partial charge in [-0.25, -0.2) is 4.79 Å². The molecule has 1 heterocycles. The lowest BCUT2D eigenvalue weighted by Crippen LogP contribution is -2.19. The average molecular weight is 345 g/mol. The van der Waals surface area contributed by atoms with Gasteiger partial charge in [0, 0.05) is 16.3 Å². The number of amides is 2. The molecular formula is C16H13ClN4OS. The lowest BCUT2D eigenvalue weighted by atomic mass is 10.2. The van der Waals surface area contributed by atoms with Gasteiger partial charge >= 0.3 is 6.03 Å². The Morgan fingerprint density at radius 2 is 1.70 bits per heavy atom. The number of benzene rings is 2. The van der Waals surface area contributed by atoms with Gasteiger partial charge in [0.2, 0.25) is 5.13 Å². The first-order valence-corrected chi connectivity index (χ1v) is 8.04. The standard InChI is InChI=1S/C16H13ClN4OS/c1-10-2-8-13(9-3-10)18-15(22)19-16-21-20-14(23-16)11-4-6-12(17)7-5-11/h2-9H,1H3,(H2,18,19,21,22). The number of hydrogen-bond acceptors (Lipinski definition) is 4. The summed E-state index contributed by atoms with van der Waals surface area (Å²) in [6, 6.07) is 14.5. The summed E-state index contributed by atoms with van der Waals surface area (Å²) >= 11 is 7.16. The van der Waals surface area contributed by atoms with Crippen LogP contribution in [0, 0.1) is 6.92 Å². The molecule has 1 aromatic heterocycles. The van der Waals surface area contributed by atoms with Crippen LogP contribution in [0.2, 0.25) is 5.02 Å². The van der Waals surface area contributed by atoms with Crippen molar-refractivity contribution < 1.29 is 4.79 Å². The van der Waals surface area contributed by atoms with Crippen LogP contribution >= 0.6 is 22.9 Å². The number of halogens is 1. The molecule has 2 amide bonds. The minimum absolute atomic E-state index is 0.354. The van der Waals surface area contributed by atoms with E-state index in [-0.39, 0.29) is 6.03 Å². The maximum atomic E-state index is 12.0. The van der Waals surface area contributed by atoms with Crippen molar-refractivity contribution in [3.05, 3.63) is 59.1 Å². The zero-order chi connectivity index (χ0) is 16.2. The summed E-state index contributed by atoms with van der Waals surface area (Å²) in [5.74, 6) is 0. The molecule has 0 radical (unpaired) electrons. The van der Waals surface area contributed by atoms with E-state index in [1.807, 2.05) is 43.3 Å². The van der Waals surface area contributed by atoms with Gasteiger partial charge in [0.05, 0.1) is 0 Å². The number of rotatable bonds is 3. The zero-order valence-corrected chi connectivity index (χ0v) is 13.8. The molecule has 3 aromatic rings. The molecule has 0 aliphatic heterocycles. The number of nitrogens with zero attached hydrogens (tertiary/aromatic N) is 2. The van der Waals surface area contributed by atoms with Gasteiger partial charge in [-0.2, -0.15) is 0 Å². The van der Waals surface area contributed by atoms with Crippen LogP contribution in [0.5, 0.6) is 0 Å². The number of anilines is 2. The highest BCUT2D eigenvalue weighted by Gasteiger charge is 2.09. The lowest BCUT2D eigenvalue weighted by molar-refractivity contribution is 0.262. The van der Waals surface area contributed by atoms with E-state index in [9.17, 15) is 4.79 Å². The molecule has 116 valence electrons. The summed E-state index contributed by atoms with van der Waals surface area (Å²) in [5.41, 5.74) is 2.75. The van der Waals surface area contributed by atoms with Crippen LogP contribution in [-0.2, 0) is 0 Å². The van der Waals surface area contributed by atoms with Gasteiger partial charge in [-0.1, -0.05) is 52.8 Å². The van der Waals surface area contributed by atoms with E-state index in [0.29, 0.717) is 15.2 Å². The van der Waals surface area contributed by atoms with Gasteiger partial charge < -0.3 is 5.32 Å². The maximum absolute atomic E-state index is 12.0. The molecule has 0 fully saturated rings. The van der Waals surface area contributed by atoms with Crippen LogP contribution < -0.4 is 10.6 Å². The number of nitrogens with one attached hydrogen (secondary N) is 2. The van der Waals surface area contributed by atoms with E-state index in [0.717, 1.165) is 16.8 Å². The molecule has 0 aliphatic carbocycles. The first-order valence-electron chi connectivity index (χ1n) is 6.84. The molecule has 2 N–H and O–H groups in total. The van der Waals surface area contributed by atoms with Crippen molar-refractivity contribution in [2.45, 2.75) is 6.92 Å². The van der Waals surface area contributed by atoms with E-state index < -0.39 is 0 Å². The normalized spacial score (nSPS) is 10.3. The van der Waals surface area contributed by atoms with E-state index in [1.54, 1.807) is 12.1 Å². The van der Waals surface area contributed by atoms with E-state index in [1.165, 1.54) is 11.3 Å². The van der Waals surface area contributed by atoms with Crippen molar-refractivity contribution in [3.63, 3.8) is 0 Å². The molecule has 0 atom stereocenters. The van der Waals surface area contributed by atoms with Gasteiger partial charge in [0.1, 0.15) is 5.01 Å². The molecule has 23 heavy (non-hydrogen) atoms. The fourth-order valence-corrected chi connectivity index (χ4v) is 2.75. The predicted octanol–water partition coefficient (Wildman–Crippen LogP) is 4.81. The van der Waals surface area contributed by atoms with Gasteiger partial charge in [-0.05, 0) is 31.2 Å². The van der Waals surface area contributed by atoms with Crippen LogP contribution in [0.4, 0.5) is 15.6 Å². The van der Waals surface area contributed by atoms with Crippen molar-refractivity contribution in [1.29, 1.82) is 0 Å². The molecular weight excluding hydrogens is 332 g/mol. The Bertz CT molecular complexity index is 815. The third kappa shape index (κ3) is 4.06. The SMILES string of the molecule is Cc1ccc(NC(=O)Nc2nnc(-c3ccc(Cl)cc3)s2)cc1. The first-order chi connectivity index (χ1) is 11.1. The Labute approximate surface area is 142 Å². The van der Waals surface area contributed by atoms with Crippen molar-refractivity contribution in [2.75, 3.05) is 10.6 Å². The van der Waals surface area contributed by atoms with Crippen molar-refractivity contribution in [1.82, 2.24) is 10.2 Å². The molecule has 0 unspecified atom stereocenters. The second kappa shape index (κ2) is 6.76. The third-order valence-corrected chi connectivity index (χ3v) is 4.19. The minimum Gasteiger partial charge on any atom is -0.308 e. The molecule has 0 bridgehead atoms. The second-order valence-electron chi connectivity index (χ2n) is 4.86. The molecule has 0 spiro atoms. The summed E-state index contributed by atoms with van der Waals surface area (Å²) in [4.78, 5) is 12.0. The monoisotopic (exact) mass is 344 g/mol. The Kier molecular flexibility index (Phi) is 4.55. The average Bonchev–Trinajstić information content (AvgIpc) is 2.98. The molecule has 2 aromatic carbocycles. The number of carbonyl (C=O) groups excluding carboxylic acids is 1. The number of aromatic nitrogens is 2. The third-order valence-electron chi connectivity index (χ3n) is 3.05. The van der Waals surface area contributed by atoms with Gasteiger partial charge in [0.15, 0.2) is 0 Å². The van der Waals surface area contributed by atoms with Crippen LogP contribution in [0.1, 0.15) is 5.56 Å². The molecule has 0 aliphatic rings. The Hall–Kier alpha value is -2.44. The van der Waals surface area contributed by atoms with Crippen LogP contribution in [0.3, 0.4) is 0 Å². The van der Waals surface area contributed by atoms with Crippen LogP contribution in [0.25, 0.3) is 10.6 Å². The van der Waals surface area contributed by atoms with Crippen LogP contribution in [0.15, 0.2) is 48.5 Å². The fraction of sp³-hybridized carbons (Fsp3) is 0.0625. The fourth-order valence-electron chi connectivity index (χ4n) is 1.88. The Morgan fingerprint density at radius 3 is 2.39 bits per heavy atom. The quantitative estimate of drug-likeness (QED) is 0.716. The smallest absolute Gasteiger partial charge is 0.308 e. The largest absolute Gasteiger partial charge is 0.325 e. The molecule has 3 rings (SSSR count). The van der Waals surface area contributed by atoms with E-state index >= 15 is 0 Å². The Balaban J connectivity index is 1.65.